The van der Waals surface area contributed by atoms with Crippen LogP contribution < -0.4 is 5.32 Å². The summed E-state index contributed by atoms with van der Waals surface area (Å²) in [5.41, 5.74) is 3.83. The number of hydrogen-bond donors (Lipinski definition) is 1. The number of aryl methyl sites for hydroxylation is 2. The maximum Gasteiger partial charge on any atom is 0.255 e. The minimum absolute atomic E-state index is 0.0948. The molecule has 0 spiro atoms. The average Bonchev–Trinajstić information content (AvgIpc) is 2.46. The first kappa shape index (κ1) is 15.8. The predicted molar refractivity (Wildman–Crippen MR) is 88.3 cm³/mol. The van der Waals surface area contributed by atoms with Gasteiger partial charge in [0.1, 0.15) is 0 Å². The van der Waals surface area contributed by atoms with Crippen LogP contribution in [0.4, 0.5) is 5.69 Å². The summed E-state index contributed by atoms with van der Waals surface area (Å²) in [6.07, 6.45) is 0. The number of nitrogens with one attached hydrogen (secondary N) is 1. The van der Waals surface area contributed by atoms with Gasteiger partial charge < -0.3 is 10.2 Å². The molecule has 0 heterocycles. The van der Waals surface area contributed by atoms with Crippen LogP contribution in [0.5, 0.6) is 0 Å². The third-order valence-corrected chi connectivity index (χ3v) is 3.40. The Kier molecular flexibility index (Phi) is 4.61. The zero-order chi connectivity index (χ0) is 16.3. The first-order valence-corrected chi connectivity index (χ1v) is 7.09. The van der Waals surface area contributed by atoms with E-state index in [1.165, 1.54) is 4.90 Å². The molecule has 2 rings (SSSR count). The lowest BCUT2D eigenvalue weighted by Gasteiger charge is -2.12. The Balaban J connectivity index is 2.22. The van der Waals surface area contributed by atoms with Crippen molar-refractivity contribution in [3.63, 3.8) is 0 Å². The molecule has 0 aliphatic heterocycles. The summed E-state index contributed by atoms with van der Waals surface area (Å²) in [7, 11) is 3.40. The van der Waals surface area contributed by atoms with Crippen molar-refractivity contribution in [1.82, 2.24) is 4.90 Å². The van der Waals surface area contributed by atoms with Gasteiger partial charge in [0.05, 0.1) is 0 Å². The van der Waals surface area contributed by atoms with Gasteiger partial charge in [0, 0.05) is 30.9 Å². The van der Waals surface area contributed by atoms with E-state index in [-0.39, 0.29) is 11.8 Å². The molecule has 4 heteroatoms. The zero-order valence-electron chi connectivity index (χ0n) is 13.3. The minimum atomic E-state index is -0.174. The lowest BCUT2D eigenvalue weighted by molar-refractivity contribution is 0.0827. The lowest BCUT2D eigenvalue weighted by atomic mass is 10.0. The van der Waals surface area contributed by atoms with E-state index in [1.807, 2.05) is 32.0 Å². The fourth-order valence-electron chi connectivity index (χ4n) is 2.25. The molecule has 2 aromatic carbocycles. The second-order valence-corrected chi connectivity index (χ2v) is 5.55. The van der Waals surface area contributed by atoms with Crippen molar-refractivity contribution >= 4 is 17.5 Å². The van der Waals surface area contributed by atoms with Crippen molar-refractivity contribution in [2.45, 2.75) is 13.8 Å². The van der Waals surface area contributed by atoms with Gasteiger partial charge in [-0.1, -0.05) is 23.8 Å². The molecule has 0 bridgehead atoms. The van der Waals surface area contributed by atoms with Crippen LogP contribution in [0.15, 0.2) is 42.5 Å². The number of carbonyl (C=O) groups excluding carboxylic acids is 2. The van der Waals surface area contributed by atoms with Gasteiger partial charge in [0.15, 0.2) is 0 Å². The Morgan fingerprint density at radius 1 is 1.00 bits per heavy atom. The fourth-order valence-corrected chi connectivity index (χ4v) is 2.25. The van der Waals surface area contributed by atoms with Gasteiger partial charge in [-0.25, -0.2) is 0 Å². The second-order valence-electron chi connectivity index (χ2n) is 5.55. The lowest BCUT2D eigenvalue weighted by Crippen LogP contribution is -2.22. The topological polar surface area (TPSA) is 49.4 Å². The van der Waals surface area contributed by atoms with E-state index in [1.54, 1.807) is 38.4 Å². The van der Waals surface area contributed by atoms with Crippen LogP contribution in [0.2, 0.25) is 0 Å². The molecule has 0 atom stereocenters. The van der Waals surface area contributed by atoms with Crippen molar-refractivity contribution in [2.75, 3.05) is 19.4 Å². The molecular formula is C18H20N2O2. The number of anilines is 1. The second kappa shape index (κ2) is 6.43. The molecule has 0 fully saturated rings. The number of carbonyl (C=O) groups is 2. The minimum Gasteiger partial charge on any atom is -0.345 e. The number of nitrogens with zero attached hydrogens (tertiary/aromatic N) is 1. The van der Waals surface area contributed by atoms with Crippen LogP contribution in [-0.2, 0) is 0 Å². The van der Waals surface area contributed by atoms with Gasteiger partial charge in [-0.2, -0.15) is 0 Å². The summed E-state index contributed by atoms with van der Waals surface area (Å²) in [5, 5.41) is 2.84. The average molecular weight is 296 g/mol. The van der Waals surface area contributed by atoms with Gasteiger partial charge >= 0.3 is 0 Å². The van der Waals surface area contributed by atoms with Crippen LogP contribution >= 0.6 is 0 Å². The maximum absolute atomic E-state index is 12.4. The largest absolute Gasteiger partial charge is 0.345 e. The molecule has 0 aliphatic rings. The number of amides is 2. The molecule has 114 valence electrons. The summed E-state index contributed by atoms with van der Waals surface area (Å²) < 4.78 is 0. The van der Waals surface area contributed by atoms with Crippen LogP contribution in [0.1, 0.15) is 31.8 Å². The molecule has 2 aromatic rings. The Labute approximate surface area is 130 Å². The zero-order valence-corrected chi connectivity index (χ0v) is 13.3. The molecule has 4 nitrogen and oxygen atoms in total. The molecule has 0 aromatic heterocycles. The van der Waals surface area contributed by atoms with E-state index >= 15 is 0 Å². The van der Waals surface area contributed by atoms with Gasteiger partial charge in [-0.15, -0.1) is 0 Å². The molecule has 22 heavy (non-hydrogen) atoms. The first-order chi connectivity index (χ1) is 10.4. The van der Waals surface area contributed by atoms with E-state index in [0.29, 0.717) is 16.8 Å². The normalized spacial score (nSPS) is 10.2. The third-order valence-electron chi connectivity index (χ3n) is 3.40. The molecule has 0 saturated carbocycles. The van der Waals surface area contributed by atoms with Gasteiger partial charge in [-0.05, 0) is 43.7 Å². The van der Waals surface area contributed by atoms with Crippen LogP contribution in [0.3, 0.4) is 0 Å². The Hall–Kier alpha value is -2.62. The highest BCUT2D eigenvalue weighted by molar-refractivity contribution is 6.06. The van der Waals surface area contributed by atoms with Gasteiger partial charge in [0.2, 0.25) is 0 Å². The maximum atomic E-state index is 12.4. The highest BCUT2D eigenvalue weighted by atomic mass is 16.2. The smallest absolute Gasteiger partial charge is 0.255 e. The van der Waals surface area contributed by atoms with Crippen LogP contribution in [-0.4, -0.2) is 30.8 Å². The van der Waals surface area contributed by atoms with Crippen molar-refractivity contribution < 1.29 is 9.59 Å². The van der Waals surface area contributed by atoms with Crippen LogP contribution in [0, 0.1) is 13.8 Å². The first-order valence-electron chi connectivity index (χ1n) is 7.09. The van der Waals surface area contributed by atoms with Crippen molar-refractivity contribution in [1.29, 1.82) is 0 Å². The van der Waals surface area contributed by atoms with Crippen molar-refractivity contribution in [3.8, 4) is 0 Å². The predicted octanol–water partition coefficient (Wildman–Crippen LogP) is 3.26. The van der Waals surface area contributed by atoms with Crippen molar-refractivity contribution in [2.24, 2.45) is 0 Å². The van der Waals surface area contributed by atoms with Gasteiger partial charge in [0.25, 0.3) is 11.8 Å². The van der Waals surface area contributed by atoms with E-state index in [2.05, 4.69) is 5.32 Å². The fraction of sp³-hybridized carbons (Fsp3) is 0.222. The summed E-state index contributed by atoms with van der Waals surface area (Å²) in [4.78, 5) is 25.8. The summed E-state index contributed by atoms with van der Waals surface area (Å²) in [5.74, 6) is -0.269. The van der Waals surface area contributed by atoms with E-state index < -0.39 is 0 Å². The molecule has 0 radical (unpaired) electrons. The highest BCUT2D eigenvalue weighted by Gasteiger charge is 2.12. The van der Waals surface area contributed by atoms with Crippen LogP contribution in [0.25, 0.3) is 0 Å². The Bertz CT molecular complexity index is 721. The van der Waals surface area contributed by atoms with Crippen molar-refractivity contribution in [3.05, 3.63) is 64.7 Å². The molecule has 2 amide bonds. The quantitative estimate of drug-likeness (QED) is 0.945. The number of benzene rings is 2. The SMILES string of the molecule is Cc1ccc(C(=O)Nc2cccc(C(=O)N(C)C)c2)c(C)c1. The summed E-state index contributed by atoms with van der Waals surface area (Å²) >= 11 is 0. The molecule has 0 aliphatic carbocycles. The van der Waals surface area contributed by atoms with Gasteiger partial charge in [-0.3, -0.25) is 9.59 Å². The Morgan fingerprint density at radius 3 is 2.36 bits per heavy atom. The van der Waals surface area contributed by atoms with E-state index in [0.717, 1.165) is 11.1 Å². The third kappa shape index (κ3) is 3.52. The molecular weight excluding hydrogens is 276 g/mol. The van der Waals surface area contributed by atoms with E-state index in [9.17, 15) is 9.59 Å². The summed E-state index contributed by atoms with van der Waals surface area (Å²) in [6, 6.07) is 12.6. The monoisotopic (exact) mass is 296 g/mol. The molecule has 0 unspecified atom stereocenters. The summed E-state index contributed by atoms with van der Waals surface area (Å²) in [6.45, 7) is 3.90. The standard InChI is InChI=1S/C18H20N2O2/c1-12-8-9-16(13(2)10-12)17(21)19-15-7-5-6-14(11-15)18(22)20(3)4/h5-11H,1-4H3,(H,19,21). The highest BCUT2D eigenvalue weighted by Crippen LogP contribution is 2.16. The molecule has 0 saturated heterocycles. The number of rotatable bonds is 3. The van der Waals surface area contributed by atoms with E-state index in [4.69, 9.17) is 0 Å². The number of hydrogen-bond acceptors (Lipinski definition) is 2. The Morgan fingerprint density at radius 2 is 1.73 bits per heavy atom. The molecule has 1 N–H and O–H groups in total.